The molecular weight excluding hydrogens is 266 g/mol. The first kappa shape index (κ1) is 16.0. The maximum atomic E-state index is 12.1. The fraction of sp³-hybridized carbons (Fsp3) is 0.733. The molecule has 0 unspecified atom stereocenters. The lowest BCUT2D eigenvalue weighted by atomic mass is 9.98. The van der Waals surface area contributed by atoms with Gasteiger partial charge in [0, 0.05) is 18.7 Å². The summed E-state index contributed by atoms with van der Waals surface area (Å²) in [5, 5.41) is 10.5. The maximum Gasteiger partial charge on any atom is 0.239 e. The lowest BCUT2D eigenvalue weighted by Crippen LogP contribution is -2.38. The normalized spacial score (nSPS) is 16.6. The van der Waals surface area contributed by atoms with E-state index in [1.807, 2.05) is 31.6 Å². The zero-order chi connectivity index (χ0) is 15.2. The summed E-state index contributed by atoms with van der Waals surface area (Å²) in [6, 6.07) is 2.08. The number of nitrogens with one attached hydrogen (secondary N) is 2. The quantitative estimate of drug-likeness (QED) is 0.831. The van der Waals surface area contributed by atoms with Gasteiger partial charge in [-0.15, -0.1) is 0 Å². The molecule has 118 valence electrons. The number of aromatic nitrogens is 2. The van der Waals surface area contributed by atoms with Crippen molar-refractivity contribution >= 4 is 11.7 Å². The molecule has 1 aromatic heterocycles. The molecule has 2 N–H and O–H groups in total. The lowest BCUT2D eigenvalue weighted by molar-refractivity contribution is -0.117. The highest BCUT2D eigenvalue weighted by Crippen LogP contribution is 2.14. The monoisotopic (exact) mass is 293 g/mol. The molecule has 21 heavy (non-hydrogen) atoms. The molecule has 1 aromatic rings. The summed E-state index contributed by atoms with van der Waals surface area (Å²) in [5.41, 5.74) is 0. The van der Waals surface area contributed by atoms with E-state index in [-0.39, 0.29) is 11.9 Å². The molecule has 2 rings (SSSR count). The van der Waals surface area contributed by atoms with E-state index in [0.29, 0.717) is 12.5 Å². The zero-order valence-corrected chi connectivity index (χ0v) is 13.3. The first-order valence-electron chi connectivity index (χ1n) is 7.79. The van der Waals surface area contributed by atoms with Crippen LogP contribution in [0.1, 0.15) is 32.7 Å². The number of piperidine rings is 1. The number of carbonyl (C=O) groups excluding carboxylic acids is 1. The van der Waals surface area contributed by atoms with Gasteiger partial charge in [-0.2, -0.15) is 5.10 Å². The number of rotatable bonds is 6. The van der Waals surface area contributed by atoms with Crippen LogP contribution in [0.3, 0.4) is 0 Å². The van der Waals surface area contributed by atoms with Gasteiger partial charge in [-0.25, -0.2) is 4.68 Å². The van der Waals surface area contributed by atoms with Gasteiger partial charge in [0.1, 0.15) is 5.82 Å². The van der Waals surface area contributed by atoms with Crippen LogP contribution in [-0.2, 0) is 4.79 Å². The molecule has 1 fully saturated rings. The third kappa shape index (κ3) is 4.82. The van der Waals surface area contributed by atoms with Gasteiger partial charge in [-0.05, 0) is 52.7 Å². The van der Waals surface area contributed by atoms with Crippen LogP contribution in [0.4, 0.5) is 5.82 Å². The average Bonchev–Trinajstić information content (AvgIpc) is 2.87. The lowest BCUT2D eigenvalue weighted by Gasteiger charge is -2.27. The molecular formula is C15H27N5O. The van der Waals surface area contributed by atoms with Gasteiger partial charge in [-0.3, -0.25) is 9.69 Å². The van der Waals surface area contributed by atoms with Crippen molar-refractivity contribution in [3.63, 3.8) is 0 Å². The molecule has 1 amide bonds. The summed E-state index contributed by atoms with van der Waals surface area (Å²) >= 11 is 0. The van der Waals surface area contributed by atoms with Crippen LogP contribution < -0.4 is 10.6 Å². The van der Waals surface area contributed by atoms with Crippen LogP contribution in [-0.4, -0.2) is 53.8 Å². The Bertz CT molecular complexity index is 451. The number of carbonyl (C=O) groups is 1. The molecule has 1 saturated heterocycles. The minimum Gasteiger partial charge on any atom is -0.317 e. The largest absolute Gasteiger partial charge is 0.317 e. The van der Waals surface area contributed by atoms with Gasteiger partial charge in [-0.1, -0.05) is 0 Å². The molecule has 0 aliphatic carbocycles. The minimum atomic E-state index is 0.0221. The van der Waals surface area contributed by atoms with E-state index >= 15 is 0 Å². The highest BCUT2D eigenvalue weighted by Gasteiger charge is 2.17. The second kappa shape index (κ2) is 7.56. The zero-order valence-electron chi connectivity index (χ0n) is 13.3. The number of hydrogen-bond donors (Lipinski definition) is 2. The summed E-state index contributed by atoms with van der Waals surface area (Å²) in [4.78, 5) is 14.2. The number of anilines is 1. The highest BCUT2D eigenvalue weighted by molar-refractivity contribution is 5.91. The topological polar surface area (TPSA) is 62.2 Å². The number of hydrogen-bond acceptors (Lipinski definition) is 4. The van der Waals surface area contributed by atoms with Crippen molar-refractivity contribution in [2.24, 2.45) is 5.92 Å². The Hall–Kier alpha value is -1.40. The molecule has 1 aliphatic rings. The third-order valence-corrected chi connectivity index (χ3v) is 3.87. The van der Waals surface area contributed by atoms with Crippen LogP contribution in [0.15, 0.2) is 12.3 Å². The van der Waals surface area contributed by atoms with E-state index in [9.17, 15) is 4.79 Å². The molecule has 0 spiro atoms. The smallest absolute Gasteiger partial charge is 0.239 e. The van der Waals surface area contributed by atoms with Crippen molar-refractivity contribution in [1.29, 1.82) is 0 Å². The van der Waals surface area contributed by atoms with Crippen LogP contribution >= 0.6 is 0 Å². The number of likely N-dealkylation sites (N-methyl/N-ethyl adjacent to an activating group) is 1. The van der Waals surface area contributed by atoms with Crippen LogP contribution in [0.25, 0.3) is 0 Å². The van der Waals surface area contributed by atoms with Gasteiger partial charge in [0.15, 0.2) is 0 Å². The van der Waals surface area contributed by atoms with E-state index < -0.39 is 0 Å². The first-order valence-corrected chi connectivity index (χ1v) is 7.79. The molecule has 6 nitrogen and oxygen atoms in total. The van der Waals surface area contributed by atoms with Crippen molar-refractivity contribution in [1.82, 2.24) is 20.0 Å². The van der Waals surface area contributed by atoms with Gasteiger partial charge < -0.3 is 10.6 Å². The van der Waals surface area contributed by atoms with E-state index in [1.54, 1.807) is 6.20 Å². The third-order valence-electron chi connectivity index (χ3n) is 3.87. The van der Waals surface area contributed by atoms with E-state index in [1.165, 1.54) is 12.8 Å². The Morgan fingerprint density at radius 1 is 1.52 bits per heavy atom. The van der Waals surface area contributed by atoms with Crippen molar-refractivity contribution < 1.29 is 4.79 Å². The number of amides is 1. The Morgan fingerprint density at radius 2 is 2.24 bits per heavy atom. The van der Waals surface area contributed by atoms with Crippen LogP contribution in [0.5, 0.6) is 0 Å². The van der Waals surface area contributed by atoms with E-state index in [4.69, 9.17) is 0 Å². The van der Waals surface area contributed by atoms with E-state index in [0.717, 1.165) is 25.5 Å². The van der Waals surface area contributed by atoms with Crippen LogP contribution in [0.2, 0.25) is 0 Å². The van der Waals surface area contributed by atoms with Gasteiger partial charge in [0.25, 0.3) is 0 Å². The predicted octanol–water partition coefficient (Wildman–Crippen LogP) is 1.33. The van der Waals surface area contributed by atoms with Crippen molar-refractivity contribution in [3.05, 3.63) is 12.3 Å². The molecule has 0 saturated carbocycles. The van der Waals surface area contributed by atoms with Crippen molar-refractivity contribution in [3.8, 4) is 0 Å². The SMILES string of the molecule is CC(C)n1nccc1NC(=O)CN(C)CC1CCNCC1. The van der Waals surface area contributed by atoms with Crippen molar-refractivity contribution in [2.75, 3.05) is 38.5 Å². The van der Waals surface area contributed by atoms with E-state index in [2.05, 4.69) is 20.6 Å². The Morgan fingerprint density at radius 3 is 2.90 bits per heavy atom. The summed E-state index contributed by atoms with van der Waals surface area (Å²) in [7, 11) is 2.02. The molecule has 0 aromatic carbocycles. The fourth-order valence-corrected chi connectivity index (χ4v) is 2.82. The second-order valence-corrected chi connectivity index (χ2v) is 6.19. The summed E-state index contributed by atoms with van der Waals surface area (Å²) in [6.07, 6.45) is 4.12. The Balaban J connectivity index is 1.79. The standard InChI is InChI=1S/C15H27N5O/c1-12(2)20-14(6-9-17-20)18-15(21)11-19(3)10-13-4-7-16-8-5-13/h6,9,12-13,16H,4-5,7-8,10-11H2,1-3H3,(H,18,21). The van der Waals surface area contributed by atoms with Gasteiger partial charge >= 0.3 is 0 Å². The molecule has 6 heteroatoms. The molecule has 0 radical (unpaired) electrons. The molecule has 2 heterocycles. The van der Waals surface area contributed by atoms with Crippen molar-refractivity contribution in [2.45, 2.75) is 32.7 Å². The summed E-state index contributed by atoms with van der Waals surface area (Å²) in [6.45, 7) is 7.69. The predicted molar refractivity (Wildman–Crippen MR) is 84.3 cm³/mol. The number of nitrogens with zero attached hydrogens (tertiary/aromatic N) is 3. The molecule has 1 aliphatic heterocycles. The van der Waals surface area contributed by atoms with Gasteiger partial charge in [0.2, 0.25) is 5.91 Å². The van der Waals surface area contributed by atoms with Crippen LogP contribution in [0, 0.1) is 5.92 Å². The maximum absolute atomic E-state index is 12.1. The minimum absolute atomic E-state index is 0.0221. The highest BCUT2D eigenvalue weighted by atomic mass is 16.2. The Labute approximate surface area is 126 Å². The fourth-order valence-electron chi connectivity index (χ4n) is 2.82. The van der Waals surface area contributed by atoms with Gasteiger partial charge in [0.05, 0.1) is 12.7 Å². The first-order chi connectivity index (χ1) is 10.1. The summed E-state index contributed by atoms with van der Waals surface area (Å²) in [5.74, 6) is 1.49. The molecule has 0 atom stereocenters. The Kier molecular flexibility index (Phi) is 5.76. The molecule has 0 bridgehead atoms. The average molecular weight is 293 g/mol. The summed E-state index contributed by atoms with van der Waals surface area (Å²) < 4.78 is 1.82. The second-order valence-electron chi connectivity index (χ2n) is 6.19.